The maximum atomic E-state index is 13.2. The number of ether oxygens (including phenoxy) is 1. The van der Waals surface area contributed by atoms with Gasteiger partial charge >= 0.3 is 0 Å². The molecule has 2 heterocycles. The van der Waals surface area contributed by atoms with E-state index >= 15 is 0 Å². The molecule has 0 saturated heterocycles. The van der Waals surface area contributed by atoms with E-state index in [1.165, 1.54) is 22.7 Å². The second-order valence-electron chi connectivity index (χ2n) is 8.08. The van der Waals surface area contributed by atoms with Crippen molar-refractivity contribution >= 4 is 15.7 Å². The summed E-state index contributed by atoms with van der Waals surface area (Å²) in [5.41, 5.74) is -0.207. The summed E-state index contributed by atoms with van der Waals surface area (Å²) in [6.45, 7) is 5.02. The fourth-order valence-corrected chi connectivity index (χ4v) is 5.20. The van der Waals surface area contributed by atoms with Crippen LogP contribution < -0.4 is 10.3 Å². The Balaban J connectivity index is 2.17. The van der Waals surface area contributed by atoms with E-state index in [0.717, 1.165) is 23.6 Å². The van der Waals surface area contributed by atoms with Crippen LogP contribution in [0.15, 0.2) is 27.9 Å². The van der Waals surface area contributed by atoms with Crippen LogP contribution in [0.25, 0.3) is 17.0 Å². The van der Waals surface area contributed by atoms with Crippen LogP contribution in [0.1, 0.15) is 51.8 Å². The van der Waals surface area contributed by atoms with Gasteiger partial charge in [0.25, 0.3) is 5.56 Å². The van der Waals surface area contributed by atoms with E-state index < -0.39 is 28.8 Å². The Morgan fingerprint density at radius 1 is 1.17 bits per heavy atom. The van der Waals surface area contributed by atoms with Crippen molar-refractivity contribution in [1.29, 1.82) is 0 Å². The summed E-state index contributed by atoms with van der Waals surface area (Å²) in [6.07, 6.45) is 2.85. The zero-order chi connectivity index (χ0) is 25.6. The third-order valence-corrected chi connectivity index (χ3v) is 7.47. The van der Waals surface area contributed by atoms with Crippen LogP contribution in [0.4, 0.5) is 0 Å². The van der Waals surface area contributed by atoms with Crippen molar-refractivity contribution in [2.45, 2.75) is 50.8 Å². The van der Waals surface area contributed by atoms with Crippen molar-refractivity contribution in [3.8, 4) is 17.1 Å². The van der Waals surface area contributed by atoms with Gasteiger partial charge in [-0.25, -0.2) is 8.42 Å². The first-order valence-corrected chi connectivity index (χ1v) is 13.1. The lowest BCUT2D eigenvalue weighted by Crippen LogP contribution is -2.35. The maximum absolute atomic E-state index is 13.2. The number of aliphatic hydroxyl groups excluding tert-OH is 2. The summed E-state index contributed by atoms with van der Waals surface area (Å²) in [5.74, 6) is 0.983. The number of hydrogen-bond donors (Lipinski definition) is 3. The molecule has 1 unspecified atom stereocenters. The molecule has 0 saturated carbocycles. The van der Waals surface area contributed by atoms with Gasteiger partial charge in [0.2, 0.25) is 15.7 Å². The van der Waals surface area contributed by atoms with Gasteiger partial charge < -0.3 is 19.9 Å². The molecule has 0 aliphatic heterocycles. The lowest BCUT2D eigenvalue weighted by Gasteiger charge is -2.21. The molecule has 3 aromatic rings. The van der Waals surface area contributed by atoms with Crippen LogP contribution in [0.5, 0.6) is 5.75 Å². The molecule has 1 aromatic carbocycles. The minimum atomic E-state index is -4.05. The SMILES string of the molecule is CCCCC(C)c1nnc2c(=O)[nH]c(-c3cc(S(=O)(=O)N(CCO)CCO)ccc3OCC)nn12. The summed E-state index contributed by atoms with van der Waals surface area (Å²) in [7, 11) is -4.05. The van der Waals surface area contributed by atoms with Gasteiger partial charge in [0.05, 0.1) is 30.3 Å². The van der Waals surface area contributed by atoms with Gasteiger partial charge in [0.15, 0.2) is 11.6 Å². The number of aromatic amines is 1. The highest BCUT2D eigenvalue weighted by Crippen LogP contribution is 2.31. The molecule has 0 aliphatic carbocycles. The van der Waals surface area contributed by atoms with E-state index in [1.807, 2.05) is 6.92 Å². The largest absolute Gasteiger partial charge is 0.493 e. The minimum Gasteiger partial charge on any atom is -0.493 e. The van der Waals surface area contributed by atoms with Crippen LogP contribution in [0.3, 0.4) is 0 Å². The van der Waals surface area contributed by atoms with Gasteiger partial charge in [-0.2, -0.15) is 8.82 Å². The Morgan fingerprint density at radius 3 is 2.51 bits per heavy atom. The molecule has 192 valence electrons. The highest BCUT2D eigenvalue weighted by Gasteiger charge is 2.26. The average Bonchev–Trinajstić information content (AvgIpc) is 3.27. The number of H-pyrrole nitrogens is 1. The molecule has 13 heteroatoms. The number of benzene rings is 1. The molecule has 0 spiro atoms. The zero-order valence-corrected chi connectivity index (χ0v) is 21.0. The third-order valence-electron chi connectivity index (χ3n) is 5.57. The first-order chi connectivity index (χ1) is 16.8. The fraction of sp³-hybridized carbons (Fsp3) is 0.545. The predicted molar refractivity (Wildman–Crippen MR) is 129 cm³/mol. The number of nitrogens with zero attached hydrogens (tertiary/aromatic N) is 5. The van der Waals surface area contributed by atoms with E-state index in [2.05, 4.69) is 27.2 Å². The van der Waals surface area contributed by atoms with Crippen molar-refractivity contribution in [1.82, 2.24) is 29.1 Å². The molecule has 0 fully saturated rings. The summed E-state index contributed by atoms with van der Waals surface area (Å²) in [4.78, 5) is 15.4. The molecule has 0 radical (unpaired) electrons. The Labute approximate surface area is 203 Å². The minimum absolute atomic E-state index is 0.00990. The molecule has 0 amide bonds. The van der Waals surface area contributed by atoms with E-state index in [9.17, 15) is 23.4 Å². The van der Waals surface area contributed by atoms with Gasteiger partial charge in [-0.15, -0.1) is 15.3 Å². The number of sulfonamides is 1. The summed E-state index contributed by atoms with van der Waals surface area (Å²) < 4.78 is 34.5. The van der Waals surface area contributed by atoms with Gasteiger partial charge in [-0.3, -0.25) is 4.79 Å². The maximum Gasteiger partial charge on any atom is 0.296 e. The molecular formula is C22H32N6O6S. The Kier molecular flexibility index (Phi) is 8.94. The van der Waals surface area contributed by atoms with Gasteiger partial charge in [0.1, 0.15) is 5.75 Å². The monoisotopic (exact) mass is 508 g/mol. The van der Waals surface area contributed by atoms with Crippen LogP contribution >= 0.6 is 0 Å². The quantitative estimate of drug-likeness (QED) is 0.307. The van der Waals surface area contributed by atoms with Crippen molar-refractivity contribution in [2.24, 2.45) is 0 Å². The predicted octanol–water partition coefficient (Wildman–Crippen LogP) is 1.15. The van der Waals surface area contributed by atoms with Crippen molar-refractivity contribution in [2.75, 3.05) is 32.9 Å². The molecule has 35 heavy (non-hydrogen) atoms. The van der Waals surface area contributed by atoms with Crippen LogP contribution in [0, 0.1) is 0 Å². The number of aliphatic hydroxyl groups is 2. The molecule has 0 aliphatic rings. The molecule has 1 atom stereocenters. The van der Waals surface area contributed by atoms with Gasteiger partial charge in [0, 0.05) is 19.0 Å². The number of nitrogens with one attached hydrogen (secondary N) is 1. The lowest BCUT2D eigenvalue weighted by molar-refractivity contribution is 0.217. The highest BCUT2D eigenvalue weighted by molar-refractivity contribution is 7.89. The van der Waals surface area contributed by atoms with Crippen LogP contribution in [0.2, 0.25) is 0 Å². The Bertz CT molecular complexity index is 1300. The number of aromatic nitrogens is 5. The fourth-order valence-electron chi connectivity index (χ4n) is 3.75. The van der Waals surface area contributed by atoms with Crippen molar-refractivity contribution in [3.05, 3.63) is 34.4 Å². The third kappa shape index (κ3) is 5.69. The first-order valence-electron chi connectivity index (χ1n) is 11.6. The molecule has 3 rings (SSSR count). The second kappa shape index (κ2) is 11.7. The smallest absolute Gasteiger partial charge is 0.296 e. The first kappa shape index (κ1) is 26.7. The second-order valence-corrected chi connectivity index (χ2v) is 10.0. The van der Waals surface area contributed by atoms with E-state index in [1.54, 1.807) is 6.92 Å². The standard InChI is InChI=1S/C22H32N6O6S/c1-4-6-7-15(3)20-24-25-21-22(31)23-19(26-28(20)21)17-14-16(8-9-18(17)34-5-2)35(32,33)27(10-12-29)11-13-30/h8-9,14-15,29-30H,4-7,10-13H2,1-3H3,(H,23,26,31). The molecule has 2 aromatic heterocycles. The Hall–Kier alpha value is -2.87. The van der Waals surface area contributed by atoms with Gasteiger partial charge in [-0.05, 0) is 31.5 Å². The van der Waals surface area contributed by atoms with E-state index in [-0.39, 0.29) is 40.9 Å². The van der Waals surface area contributed by atoms with Crippen molar-refractivity contribution < 1.29 is 23.4 Å². The number of rotatable bonds is 13. The summed E-state index contributed by atoms with van der Waals surface area (Å²) in [6, 6.07) is 4.22. The molecular weight excluding hydrogens is 476 g/mol. The number of fused-ring (bicyclic) bond motifs is 1. The van der Waals surface area contributed by atoms with E-state index in [0.29, 0.717) is 18.2 Å². The van der Waals surface area contributed by atoms with Gasteiger partial charge in [-0.1, -0.05) is 26.7 Å². The number of unbranched alkanes of at least 4 members (excludes halogenated alkanes) is 1. The van der Waals surface area contributed by atoms with Crippen LogP contribution in [-0.4, -0.2) is 80.6 Å². The van der Waals surface area contributed by atoms with Crippen molar-refractivity contribution in [3.63, 3.8) is 0 Å². The number of hydrogen-bond acceptors (Lipinski definition) is 9. The lowest BCUT2D eigenvalue weighted by atomic mass is 10.0. The Morgan fingerprint density at radius 2 is 1.89 bits per heavy atom. The highest BCUT2D eigenvalue weighted by atomic mass is 32.2. The topological polar surface area (TPSA) is 163 Å². The summed E-state index contributed by atoms with van der Waals surface area (Å²) in [5, 5.41) is 31.3. The molecule has 0 bridgehead atoms. The zero-order valence-electron chi connectivity index (χ0n) is 20.1. The normalized spacial score (nSPS) is 13.0. The summed E-state index contributed by atoms with van der Waals surface area (Å²) >= 11 is 0. The van der Waals surface area contributed by atoms with Crippen LogP contribution in [-0.2, 0) is 10.0 Å². The van der Waals surface area contributed by atoms with E-state index in [4.69, 9.17) is 4.74 Å². The average molecular weight is 509 g/mol. The molecule has 3 N–H and O–H groups in total. The molecule has 12 nitrogen and oxygen atoms in total.